The number of aromatic nitrogens is 2. The molecule has 3 N–H and O–H groups in total. The molecular formula is C19H20ClN4O2S+. The number of carbonyl (C=O) groups is 1. The van der Waals surface area contributed by atoms with E-state index in [1.807, 2.05) is 7.05 Å². The highest BCUT2D eigenvalue weighted by Crippen LogP contribution is 2.34. The van der Waals surface area contributed by atoms with Crippen LogP contribution in [0.4, 0.5) is 5.69 Å². The van der Waals surface area contributed by atoms with E-state index in [4.69, 9.17) is 11.6 Å². The van der Waals surface area contributed by atoms with Crippen molar-refractivity contribution in [3.63, 3.8) is 0 Å². The van der Waals surface area contributed by atoms with Gasteiger partial charge in [0.1, 0.15) is 11.4 Å². The number of hydrogen-bond donors (Lipinski definition) is 3. The maximum absolute atomic E-state index is 12.5. The van der Waals surface area contributed by atoms with Gasteiger partial charge < -0.3 is 15.2 Å². The highest BCUT2D eigenvalue weighted by atomic mass is 35.5. The van der Waals surface area contributed by atoms with Gasteiger partial charge in [-0.1, -0.05) is 11.6 Å². The maximum Gasteiger partial charge on any atom is 0.279 e. The lowest BCUT2D eigenvalue weighted by molar-refractivity contribution is -0.885. The number of likely N-dealkylation sites (N-methyl/N-ethyl adjacent to an activating group) is 1. The molecular weight excluding hydrogens is 384 g/mol. The lowest BCUT2D eigenvalue weighted by atomic mass is 10.2. The highest BCUT2D eigenvalue weighted by molar-refractivity contribution is 7.18. The molecule has 1 amide bonds. The van der Waals surface area contributed by atoms with Crippen LogP contribution < -0.4 is 15.8 Å². The summed E-state index contributed by atoms with van der Waals surface area (Å²) in [5.41, 5.74) is 1.82. The number of benzene rings is 1. The van der Waals surface area contributed by atoms with Gasteiger partial charge in [0.2, 0.25) is 0 Å². The number of nitrogens with zero attached hydrogens (tertiary/aromatic N) is 1. The predicted octanol–water partition coefficient (Wildman–Crippen LogP) is 1.78. The van der Waals surface area contributed by atoms with E-state index in [1.165, 1.54) is 10.4 Å². The Bertz CT molecular complexity index is 1060. The minimum atomic E-state index is -0.103. The predicted molar refractivity (Wildman–Crippen MR) is 108 cm³/mol. The van der Waals surface area contributed by atoms with Crippen molar-refractivity contribution in [2.75, 3.05) is 18.9 Å². The number of amides is 1. The van der Waals surface area contributed by atoms with Gasteiger partial charge in [-0.25, -0.2) is 4.98 Å². The molecule has 1 aliphatic carbocycles. The zero-order valence-electron chi connectivity index (χ0n) is 14.9. The van der Waals surface area contributed by atoms with Gasteiger partial charge in [-0.15, -0.1) is 11.3 Å². The Kier molecular flexibility index (Phi) is 4.99. The smallest absolute Gasteiger partial charge is 0.279 e. The first-order valence-corrected chi connectivity index (χ1v) is 10.1. The van der Waals surface area contributed by atoms with Crippen LogP contribution >= 0.6 is 22.9 Å². The van der Waals surface area contributed by atoms with Crippen LogP contribution in [0, 0.1) is 0 Å². The molecule has 0 fully saturated rings. The van der Waals surface area contributed by atoms with Crippen LogP contribution in [0.15, 0.2) is 29.1 Å². The molecule has 1 atom stereocenters. The van der Waals surface area contributed by atoms with Crippen LogP contribution in [0.25, 0.3) is 10.2 Å². The van der Waals surface area contributed by atoms with Crippen molar-refractivity contribution in [3.05, 3.63) is 55.9 Å². The number of rotatable bonds is 5. The van der Waals surface area contributed by atoms with E-state index in [0.29, 0.717) is 23.1 Å². The summed E-state index contributed by atoms with van der Waals surface area (Å²) >= 11 is 7.48. The second-order valence-electron chi connectivity index (χ2n) is 6.92. The normalized spacial score (nSPS) is 14.3. The monoisotopic (exact) mass is 403 g/mol. The van der Waals surface area contributed by atoms with E-state index in [2.05, 4.69) is 15.3 Å². The first-order valence-electron chi connectivity index (χ1n) is 8.90. The average Bonchev–Trinajstić information content (AvgIpc) is 3.17. The van der Waals surface area contributed by atoms with Gasteiger partial charge in [-0.3, -0.25) is 9.59 Å². The van der Waals surface area contributed by atoms with Crippen LogP contribution in [-0.4, -0.2) is 29.5 Å². The maximum atomic E-state index is 12.5. The van der Waals surface area contributed by atoms with Gasteiger partial charge >= 0.3 is 0 Å². The van der Waals surface area contributed by atoms with Crippen LogP contribution in [0.1, 0.15) is 22.7 Å². The van der Waals surface area contributed by atoms with Crippen LogP contribution in [0.3, 0.4) is 0 Å². The molecule has 0 spiro atoms. The zero-order valence-corrected chi connectivity index (χ0v) is 16.5. The van der Waals surface area contributed by atoms with E-state index < -0.39 is 0 Å². The Balaban J connectivity index is 1.43. The number of nitrogens with one attached hydrogen (secondary N) is 3. The van der Waals surface area contributed by atoms with Crippen molar-refractivity contribution in [1.82, 2.24) is 9.97 Å². The minimum absolute atomic E-state index is 0.0622. The number of thiophene rings is 1. The molecule has 140 valence electrons. The van der Waals surface area contributed by atoms with Crippen molar-refractivity contribution < 1.29 is 9.69 Å². The molecule has 0 bridgehead atoms. The van der Waals surface area contributed by atoms with Crippen LogP contribution in [0.5, 0.6) is 0 Å². The number of H-pyrrole nitrogens is 1. The Morgan fingerprint density at radius 3 is 2.89 bits per heavy atom. The van der Waals surface area contributed by atoms with Crippen molar-refractivity contribution in [3.8, 4) is 0 Å². The second kappa shape index (κ2) is 7.42. The summed E-state index contributed by atoms with van der Waals surface area (Å²) < 4.78 is 0. The zero-order chi connectivity index (χ0) is 19.0. The van der Waals surface area contributed by atoms with Gasteiger partial charge in [0.25, 0.3) is 11.5 Å². The SMILES string of the molecule is C[NH+](CC(=O)Nc1ccc(Cl)cc1)Cc1nc2sc3c(c2c(=O)[nH]1)CCC3. The van der Waals surface area contributed by atoms with E-state index in [1.54, 1.807) is 35.6 Å². The summed E-state index contributed by atoms with van der Waals surface area (Å²) in [5, 5.41) is 4.23. The Hall–Kier alpha value is -2.22. The molecule has 8 heteroatoms. The highest BCUT2D eigenvalue weighted by Gasteiger charge is 2.22. The summed E-state index contributed by atoms with van der Waals surface area (Å²) in [7, 11) is 1.90. The first-order chi connectivity index (χ1) is 13.0. The molecule has 27 heavy (non-hydrogen) atoms. The third kappa shape index (κ3) is 3.90. The number of quaternary nitrogens is 1. The number of hydrogen-bond acceptors (Lipinski definition) is 4. The van der Waals surface area contributed by atoms with E-state index in [0.717, 1.165) is 34.4 Å². The molecule has 0 saturated carbocycles. The minimum Gasteiger partial charge on any atom is -0.323 e. The van der Waals surface area contributed by atoms with Gasteiger partial charge in [-0.05, 0) is 49.1 Å². The van der Waals surface area contributed by atoms with E-state index >= 15 is 0 Å². The molecule has 0 radical (unpaired) electrons. The summed E-state index contributed by atoms with van der Waals surface area (Å²) in [4.78, 5) is 35.3. The average molecular weight is 404 g/mol. The quantitative estimate of drug-likeness (QED) is 0.607. The fourth-order valence-corrected chi connectivity index (χ4v) is 4.90. The third-order valence-electron chi connectivity index (χ3n) is 4.68. The van der Waals surface area contributed by atoms with Gasteiger partial charge in [-0.2, -0.15) is 0 Å². The number of halogens is 1. The Morgan fingerprint density at radius 2 is 2.11 bits per heavy atom. The molecule has 1 aliphatic rings. The summed E-state index contributed by atoms with van der Waals surface area (Å²) in [6.07, 6.45) is 3.13. The largest absolute Gasteiger partial charge is 0.323 e. The van der Waals surface area contributed by atoms with E-state index in [-0.39, 0.29) is 18.0 Å². The number of anilines is 1. The van der Waals surface area contributed by atoms with Gasteiger partial charge in [0.05, 0.1) is 12.4 Å². The molecule has 4 rings (SSSR count). The fraction of sp³-hybridized carbons (Fsp3) is 0.316. The third-order valence-corrected chi connectivity index (χ3v) is 6.12. The molecule has 1 aromatic carbocycles. The van der Waals surface area contributed by atoms with E-state index in [9.17, 15) is 9.59 Å². The van der Waals surface area contributed by atoms with Crippen LogP contribution in [0.2, 0.25) is 5.02 Å². The topological polar surface area (TPSA) is 79.3 Å². The van der Waals surface area contributed by atoms with Crippen molar-refractivity contribution in [2.24, 2.45) is 0 Å². The molecule has 3 aromatic rings. The number of carbonyl (C=O) groups excluding carboxylic acids is 1. The Labute approximate surface area is 165 Å². The lowest BCUT2D eigenvalue weighted by Crippen LogP contribution is -3.08. The molecule has 1 unspecified atom stereocenters. The number of aromatic amines is 1. The Morgan fingerprint density at radius 1 is 1.33 bits per heavy atom. The summed E-state index contributed by atoms with van der Waals surface area (Å²) in [5.74, 6) is 0.512. The summed E-state index contributed by atoms with van der Waals surface area (Å²) in [6, 6.07) is 6.99. The van der Waals surface area contributed by atoms with Crippen molar-refractivity contribution >= 4 is 44.7 Å². The lowest BCUT2D eigenvalue weighted by Gasteiger charge is -2.13. The van der Waals surface area contributed by atoms with Crippen molar-refractivity contribution in [2.45, 2.75) is 25.8 Å². The first kappa shape index (κ1) is 18.2. The second-order valence-corrected chi connectivity index (χ2v) is 8.44. The van der Waals surface area contributed by atoms with Crippen molar-refractivity contribution in [1.29, 1.82) is 0 Å². The van der Waals surface area contributed by atoms with Crippen LogP contribution in [-0.2, 0) is 24.2 Å². The number of aryl methyl sites for hydroxylation is 2. The molecule has 0 aliphatic heterocycles. The molecule has 0 saturated heterocycles. The fourth-order valence-electron chi connectivity index (χ4n) is 3.49. The molecule has 2 aromatic heterocycles. The molecule has 6 nitrogen and oxygen atoms in total. The summed E-state index contributed by atoms with van der Waals surface area (Å²) in [6.45, 7) is 0.743. The standard InChI is InChI=1S/C19H19ClN4O2S/c1-24(10-16(25)21-12-7-5-11(20)6-8-12)9-15-22-18(26)17-13-3-2-4-14(13)27-19(17)23-15/h5-8H,2-4,9-10H2,1H3,(H,21,25)(H,22,23,26)/p+1. The number of fused-ring (bicyclic) bond motifs is 3. The van der Waals surface area contributed by atoms with Gasteiger partial charge in [0, 0.05) is 15.6 Å². The van der Waals surface area contributed by atoms with Gasteiger partial charge in [0.15, 0.2) is 12.4 Å². The molecule has 2 heterocycles.